The van der Waals surface area contributed by atoms with Crippen LogP contribution >= 0.6 is 0 Å². The van der Waals surface area contributed by atoms with Crippen molar-refractivity contribution < 1.29 is 9.53 Å². The van der Waals surface area contributed by atoms with E-state index in [1.165, 1.54) is 0 Å². The number of ether oxygens (including phenoxy) is 1. The van der Waals surface area contributed by atoms with E-state index in [-0.39, 0.29) is 11.9 Å². The standard InChI is InChI=1S/C18H24N4O2/c1-13-16(11-21(4)19-13)18(23)22-9-14-7-5-6-8-17(14)24-12-15(22)10-20(2)3/h5-8,11,15H,9-10,12H2,1-4H3. The van der Waals surface area contributed by atoms with Crippen LogP contribution in [0.4, 0.5) is 0 Å². The van der Waals surface area contributed by atoms with Gasteiger partial charge in [-0.05, 0) is 27.1 Å². The first-order valence-corrected chi connectivity index (χ1v) is 8.12. The number of aryl methyl sites for hydroxylation is 2. The summed E-state index contributed by atoms with van der Waals surface area (Å²) in [4.78, 5) is 17.2. The number of amides is 1. The molecule has 0 N–H and O–H groups in total. The molecule has 0 spiro atoms. The van der Waals surface area contributed by atoms with Crippen LogP contribution in [0.1, 0.15) is 21.6 Å². The lowest BCUT2D eigenvalue weighted by Crippen LogP contribution is -2.47. The number of carbonyl (C=O) groups is 1. The maximum absolute atomic E-state index is 13.2. The normalized spacial score (nSPS) is 17.4. The molecule has 128 valence electrons. The molecule has 0 saturated carbocycles. The number of para-hydroxylation sites is 1. The largest absolute Gasteiger partial charge is 0.491 e. The molecule has 1 aromatic heterocycles. The summed E-state index contributed by atoms with van der Waals surface area (Å²) in [5, 5.41) is 4.31. The van der Waals surface area contributed by atoms with Gasteiger partial charge in [-0.1, -0.05) is 18.2 Å². The van der Waals surface area contributed by atoms with Crippen molar-refractivity contribution in [3.05, 3.63) is 47.3 Å². The van der Waals surface area contributed by atoms with E-state index < -0.39 is 0 Å². The van der Waals surface area contributed by atoms with Crippen LogP contribution in [0.25, 0.3) is 0 Å². The van der Waals surface area contributed by atoms with Gasteiger partial charge in [0, 0.05) is 25.4 Å². The number of hydrogen-bond donors (Lipinski definition) is 0. The van der Waals surface area contributed by atoms with Crippen LogP contribution in [-0.2, 0) is 13.6 Å². The van der Waals surface area contributed by atoms with Crippen molar-refractivity contribution in [2.45, 2.75) is 19.5 Å². The van der Waals surface area contributed by atoms with E-state index in [4.69, 9.17) is 4.74 Å². The third-order valence-electron chi connectivity index (χ3n) is 4.27. The van der Waals surface area contributed by atoms with Crippen LogP contribution in [0.3, 0.4) is 0 Å². The van der Waals surface area contributed by atoms with Crippen LogP contribution in [-0.4, -0.2) is 58.8 Å². The predicted octanol–water partition coefficient (Wildman–Crippen LogP) is 1.69. The van der Waals surface area contributed by atoms with Crippen LogP contribution in [0.15, 0.2) is 30.5 Å². The predicted molar refractivity (Wildman–Crippen MR) is 92.1 cm³/mol. The van der Waals surface area contributed by atoms with Gasteiger partial charge in [-0.2, -0.15) is 5.10 Å². The average molecular weight is 328 g/mol. The topological polar surface area (TPSA) is 50.6 Å². The van der Waals surface area contributed by atoms with Gasteiger partial charge in [0.05, 0.1) is 23.8 Å². The van der Waals surface area contributed by atoms with E-state index in [1.54, 1.807) is 10.9 Å². The SMILES string of the molecule is Cc1nn(C)cc1C(=O)N1Cc2ccccc2OCC1CN(C)C. The third-order valence-corrected chi connectivity index (χ3v) is 4.27. The lowest BCUT2D eigenvalue weighted by Gasteiger charge is -2.31. The van der Waals surface area contributed by atoms with Crippen LogP contribution in [0.2, 0.25) is 0 Å². The molecule has 0 saturated heterocycles. The maximum atomic E-state index is 13.2. The molecular formula is C18H24N4O2. The zero-order valence-corrected chi connectivity index (χ0v) is 14.7. The molecule has 1 amide bonds. The molecule has 24 heavy (non-hydrogen) atoms. The summed E-state index contributed by atoms with van der Waals surface area (Å²) in [5.41, 5.74) is 2.44. The van der Waals surface area contributed by atoms with Crippen molar-refractivity contribution in [3.8, 4) is 5.75 Å². The molecule has 1 aliphatic heterocycles. The summed E-state index contributed by atoms with van der Waals surface area (Å²) in [5.74, 6) is 0.868. The highest BCUT2D eigenvalue weighted by atomic mass is 16.5. The molecule has 0 bridgehead atoms. The monoisotopic (exact) mass is 328 g/mol. The second-order valence-corrected chi connectivity index (χ2v) is 6.57. The fourth-order valence-corrected chi connectivity index (χ4v) is 3.14. The fourth-order valence-electron chi connectivity index (χ4n) is 3.14. The van der Waals surface area contributed by atoms with E-state index in [2.05, 4.69) is 10.00 Å². The first kappa shape index (κ1) is 16.5. The summed E-state index contributed by atoms with van der Waals surface area (Å²) in [7, 11) is 5.86. The summed E-state index contributed by atoms with van der Waals surface area (Å²) in [6.07, 6.45) is 1.79. The quantitative estimate of drug-likeness (QED) is 0.860. The highest BCUT2D eigenvalue weighted by Gasteiger charge is 2.31. The summed E-state index contributed by atoms with van der Waals surface area (Å²) < 4.78 is 7.66. The van der Waals surface area contributed by atoms with Gasteiger partial charge in [0.15, 0.2) is 0 Å². The first-order chi connectivity index (χ1) is 11.5. The number of aromatic nitrogens is 2. The molecule has 0 aliphatic carbocycles. The highest BCUT2D eigenvalue weighted by molar-refractivity contribution is 5.95. The van der Waals surface area contributed by atoms with Crippen LogP contribution < -0.4 is 4.74 Å². The molecule has 6 nitrogen and oxygen atoms in total. The second kappa shape index (κ2) is 6.65. The van der Waals surface area contributed by atoms with E-state index in [9.17, 15) is 4.79 Å². The molecule has 1 atom stereocenters. The summed E-state index contributed by atoms with van der Waals surface area (Å²) in [6.45, 7) is 3.65. The van der Waals surface area contributed by atoms with Gasteiger partial charge >= 0.3 is 0 Å². The Labute approximate surface area is 142 Å². The average Bonchev–Trinajstić information content (AvgIpc) is 2.77. The lowest BCUT2D eigenvalue weighted by atomic mass is 10.1. The Hall–Kier alpha value is -2.34. The minimum absolute atomic E-state index is 0.00718. The molecule has 2 aromatic rings. The smallest absolute Gasteiger partial charge is 0.258 e. The van der Waals surface area contributed by atoms with Gasteiger partial charge in [0.1, 0.15) is 12.4 Å². The van der Waals surface area contributed by atoms with Gasteiger partial charge < -0.3 is 14.5 Å². The van der Waals surface area contributed by atoms with Gasteiger partial charge in [-0.3, -0.25) is 9.48 Å². The Kier molecular flexibility index (Phi) is 4.57. The number of fused-ring (bicyclic) bond motifs is 1. The van der Waals surface area contributed by atoms with Gasteiger partial charge in [-0.15, -0.1) is 0 Å². The second-order valence-electron chi connectivity index (χ2n) is 6.57. The van der Waals surface area contributed by atoms with Crippen molar-refractivity contribution in [2.24, 2.45) is 7.05 Å². The molecule has 1 aliphatic rings. The minimum atomic E-state index is -0.0143. The van der Waals surface area contributed by atoms with Crippen molar-refractivity contribution in [2.75, 3.05) is 27.2 Å². The van der Waals surface area contributed by atoms with Gasteiger partial charge in [0.2, 0.25) is 0 Å². The molecule has 3 rings (SSSR count). The van der Waals surface area contributed by atoms with Gasteiger partial charge in [0.25, 0.3) is 5.91 Å². The highest BCUT2D eigenvalue weighted by Crippen LogP contribution is 2.26. The van der Waals surface area contributed by atoms with Crippen LogP contribution in [0.5, 0.6) is 5.75 Å². The number of benzene rings is 1. The number of hydrogen-bond acceptors (Lipinski definition) is 4. The maximum Gasteiger partial charge on any atom is 0.258 e. The number of likely N-dealkylation sites (N-methyl/N-ethyl adjacent to an activating group) is 1. The molecule has 0 fully saturated rings. The van der Waals surface area contributed by atoms with Crippen molar-refractivity contribution >= 4 is 5.91 Å². The Morgan fingerprint density at radius 3 is 2.79 bits per heavy atom. The zero-order chi connectivity index (χ0) is 17.3. The van der Waals surface area contributed by atoms with Crippen molar-refractivity contribution in [1.29, 1.82) is 0 Å². The molecule has 2 heterocycles. The molecule has 1 aromatic carbocycles. The summed E-state index contributed by atoms with van der Waals surface area (Å²) >= 11 is 0. The Morgan fingerprint density at radius 1 is 1.38 bits per heavy atom. The van der Waals surface area contributed by atoms with Crippen molar-refractivity contribution in [1.82, 2.24) is 19.6 Å². The van der Waals surface area contributed by atoms with Crippen molar-refractivity contribution in [3.63, 3.8) is 0 Å². The number of rotatable bonds is 3. The van der Waals surface area contributed by atoms with E-state index >= 15 is 0 Å². The number of carbonyl (C=O) groups excluding carboxylic acids is 1. The Balaban J connectivity index is 1.96. The molecule has 0 radical (unpaired) electrons. The lowest BCUT2D eigenvalue weighted by molar-refractivity contribution is 0.0582. The van der Waals surface area contributed by atoms with E-state index in [0.717, 1.165) is 23.6 Å². The van der Waals surface area contributed by atoms with Crippen LogP contribution in [0, 0.1) is 6.92 Å². The molecular weight excluding hydrogens is 304 g/mol. The Morgan fingerprint density at radius 2 is 2.12 bits per heavy atom. The fraction of sp³-hybridized carbons (Fsp3) is 0.444. The molecule has 1 unspecified atom stereocenters. The summed E-state index contributed by atoms with van der Waals surface area (Å²) in [6, 6.07) is 7.91. The van der Waals surface area contributed by atoms with E-state index in [1.807, 2.05) is 57.2 Å². The van der Waals surface area contributed by atoms with E-state index in [0.29, 0.717) is 18.7 Å². The van der Waals surface area contributed by atoms with Gasteiger partial charge in [-0.25, -0.2) is 0 Å². The zero-order valence-electron chi connectivity index (χ0n) is 14.7. The first-order valence-electron chi connectivity index (χ1n) is 8.12. The minimum Gasteiger partial charge on any atom is -0.491 e. The molecule has 6 heteroatoms. The Bertz CT molecular complexity index is 738. The number of nitrogens with zero attached hydrogens (tertiary/aromatic N) is 4. The third kappa shape index (κ3) is 3.28.